The van der Waals surface area contributed by atoms with E-state index in [1.165, 1.54) is 31.5 Å². The zero-order valence-corrected chi connectivity index (χ0v) is 10.4. The second-order valence-corrected chi connectivity index (χ2v) is 4.99. The smallest absolute Gasteiger partial charge is 0.109 e. The van der Waals surface area contributed by atoms with Crippen LogP contribution in [0, 0.1) is 5.92 Å². The highest BCUT2D eigenvalue weighted by atomic mass is 15.0. The molecular weight excluding hydrogens is 198 g/mol. The van der Waals surface area contributed by atoms with E-state index in [9.17, 15) is 0 Å². The lowest BCUT2D eigenvalue weighted by molar-refractivity contribution is 0.382. The van der Waals surface area contributed by atoms with Crippen molar-refractivity contribution in [2.75, 3.05) is 6.54 Å². The number of hydrogen-bond acceptors (Lipinski definition) is 2. The van der Waals surface area contributed by atoms with Gasteiger partial charge in [0.25, 0.3) is 0 Å². The van der Waals surface area contributed by atoms with E-state index in [1.54, 1.807) is 0 Å². The minimum absolute atomic E-state index is 0.669. The number of imidazole rings is 1. The second-order valence-electron chi connectivity index (χ2n) is 4.99. The van der Waals surface area contributed by atoms with Crippen molar-refractivity contribution in [3.05, 3.63) is 18.2 Å². The minimum Gasteiger partial charge on any atom is -0.338 e. The van der Waals surface area contributed by atoms with Gasteiger partial charge in [0.05, 0.1) is 0 Å². The molecule has 1 aromatic heterocycles. The van der Waals surface area contributed by atoms with Gasteiger partial charge in [-0.15, -0.1) is 0 Å². The van der Waals surface area contributed by atoms with Gasteiger partial charge in [0.2, 0.25) is 0 Å². The summed E-state index contributed by atoms with van der Waals surface area (Å²) in [6, 6.07) is 0.669. The molecule has 1 heterocycles. The summed E-state index contributed by atoms with van der Waals surface area (Å²) >= 11 is 0. The van der Waals surface area contributed by atoms with Crippen molar-refractivity contribution < 1.29 is 0 Å². The van der Waals surface area contributed by atoms with Crippen LogP contribution in [-0.4, -0.2) is 22.1 Å². The van der Waals surface area contributed by atoms with Crippen molar-refractivity contribution in [2.45, 2.75) is 45.1 Å². The maximum atomic E-state index is 4.33. The Morgan fingerprint density at radius 3 is 2.88 bits per heavy atom. The summed E-state index contributed by atoms with van der Waals surface area (Å²) in [5.41, 5.74) is 0. The van der Waals surface area contributed by atoms with Crippen molar-refractivity contribution in [3.8, 4) is 0 Å². The molecule has 16 heavy (non-hydrogen) atoms. The van der Waals surface area contributed by atoms with Gasteiger partial charge in [0, 0.05) is 38.4 Å². The molecule has 0 radical (unpaired) electrons. The van der Waals surface area contributed by atoms with Crippen LogP contribution >= 0.6 is 0 Å². The van der Waals surface area contributed by atoms with E-state index >= 15 is 0 Å². The highest BCUT2D eigenvalue weighted by Gasteiger charge is 2.20. The van der Waals surface area contributed by atoms with Gasteiger partial charge in [-0.1, -0.05) is 12.8 Å². The molecule has 1 aliphatic rings. The molecule has 1 fully saturated rings. The van der Waals surface area contributed by atoms with Gasteiger partial charge in [0.15, 0.2) is 0 Å². The van der Waals surface area contributed by atoms with Crippen molar-refractivity contribution in [1.82, 2.24) is 14.9 Å². The molecule has 0 spiro atoms. The highest BCUT2D eigenvalue weighted by Crippen LogP contribution is 2.27. The number of nitrogens with zero attached hydrogens (tertiary/aromatic N) is 2. The number of aromatic nitrogens is 2. The summed E-state index contributed by atoms with van der Waals surface area (Å²) < 4.78 is 2.10. The third-order valence-corrected chi connectivity index (χ3v) is 3.84. The van der Waals surface area contributed by atoms with Crippen LogP contribution in [0.3, 0.4) is 0 Å². The fraction of sp³-hybridized carbons (Fsp3) is 0.769. The molecular formula is C13H23N3. The molecule has 1 aromatic rings. The van der Waals surface area contributed by atoms with Crippen LogP contribution in [0.15, 0.2) is 12.4 Å². The van der Waals surface area contributed by atoms with E-state index < -0.39 is 0 Å². The number of aryl methyl sites for hydroxylation is 1. The van der Waals surface area contributed by atoms with Gasteiger partial charge < -0.3 is 9.88 Å². The van der Waals surface area contributed by atoms with Crippen LogP contribution in [0.2, 0.25) is 0 Å². The predicted molar refractivity (Wildman–Crippen MR) is 66.3 cm³/mol. The van der Waals surface area contributed by atoms with E-state index in [-0.39, 0.29) is 0 Å². The summed E-state index contributed by atoms with van der Waals surface area (Å²) in [6.07, 6.45) is 10.6. The Balaban J connectivity index is 1.69. The van der Waals surface area contributed by atoms with Gasteiger partial charge in [-0.2, -0.15) is 0 Å². The van der Waals surface area contributed by atoms with Crippen molar-refractivity contribution >= 4 is 0 Å². The largest absolute Gasteiger partial charge is 0.338 e. The van der Waals surface area contributed by atoms with E-state index in [0.717, 1.165) is 18.9 Å². The Morgan fingerprint density at radius 2 is 2.25 bits per heavy atom. The first-order chi connectivity index (χ1) is 7.77. The molecule has 1 aliphatic carbocycles. The Morgan fingerprint density at radius 1 is 1.50 bits per heavy atom. The Bertz CT molecular complexity index is 313. The third kappa shape index (κ3) is 2.85. The molecule has 0 bridgehead atoms. The van der Waals surface area contributed by atoms with E-state index in [2.05, 4.69) is 28.8 Å². The lowest BCUT2D eigenvalue weighted by Gasteiger charge is -2.20. The van der Waals surface area contributed by atoms with Crippen LogP contribution in [0.1, 0.15) is 38.4 Å². The summed E-state index contributed by atoms with van der Waals surface area (Å²) in [4.78, 5) is 4.33. The van der Waals surface area contributed by atoms with E-state index in [0.29, 0.717) is 6.04 Å². The van der Waals surface area contributed by atoms with Crippen molar-refractivity contribution in [3.63, 3.8) is 0 Å². The predicted octanol–water partition coefficient (Wildman–Crippen LogP) is 2.13. The molecule has 1 saturated carbocycles. The van der Waals surface area contributed by atoms with Crippen molar-refractivity contribution in [2.24, 2.45) is 13.0 Å². The molecule has 1 N–H and O–H groups in total. The second kappa shape index (κ2) is 5.48. The summed E-state index contributed by atoms with van der Waals surface area (Å²) in [5, 5.41) is 3.64. The average molecular weight is 221 g/mol. The summed E-state index contributed by atoms with van der Waals surface area (Å²) in [6.45, 7) is 3.37. The molecule has 2 rings (SSSR count). The molecule has 3 nitrogen and oxygen atoms in total. The standard InChI is InChI=1S/C13H23N3/c1-11(12-5-3-4-6-12)14-8-7-13-15-9-10-16(13)2/h9-12,14H,3-8H2,1-2H3/t11-/m1/s1. The van der Waals surface area contributed by atoms with Crippen LogP contribution < -0.4 is 5.32 Å². The maximum absolute atomic E-state index is 4.33. The molecule has 0 saturated heterocycles. The third-order valence-electron chi connectivity index (χ3n) is 3.84. The maximum Gasteiger partial charge on any atom is 0.109 e. The first-order valence-electron chi connectivity index (χ1n) is 6.47. The monoisotopic (exact) mass is 221 g/mol. The zero-order valence-electron chi connectivity index (χ0n) is 10.4. The number of rotatable bonds is 5. The molecule has 1 atom stereocenters. The number of nitrogens with one attached hydrogen (secondary N) is 1. The molecule has 90 valence electrons. The number of hydrogen-bond donors (Lipinski definition) is 1. The molecule has 0 amide bonds. The normalized spacial score (nSPS) is 19.1. The van der Waals surface area contributed by atoms with E-state index in [4.69, 9.17) is 0 Å². The van der Waals surface area contributed by atoms with Crippen LogP contribution in [0.4, 0.5) is 0 Å². The first kappa shape index (κ1) is 11.6. The fourth-order valence-electron chi connectivity index (χ4n) is 2.67. The van der Waals surface area contributed by atoms with Crippen LogP contribution in [0.25, 0.3) is 0 Å². The van der Waals surface area contributed by atoms with Gasteiger partial charge in [0.1, 0.15) is 5.82 Å². The lowest BCUT2D eigenvalue weighted by Crippen LogP contribution is -2.34. The first-order valence-corrected chi connectivity index (χ1v) is 6.47. The average Bonchev–Trinajstić information content (AvgIpc) is 2.90. The molecule has 0 unspecified atom stereocenters. The molecule has 0 aromatic carbocycles. The minimum atomic E-state index is 0.669. The van der Waals surface area contributed by atoms with Gasteiger partial charge in [-0.3, -0.25) is 0 Å². The lowest BCUT2D eigenvalue weighted by atomic mass is 10.00. The van der Waals surface area contributed by atoms with Crippen LogP contribution in [0.5, 0.6) is 0 Å². The zero-order chi connectivity index (χ0) is 11.4. The Kier molecular flexibility index (Phi) is 3.99. The highest BCUT2D eigenvalue weighted by molar-refractivity contribution is 4.92. The van der Waals surface area contributed by atoms with Gasteiger partial charge in [-0.05, 0) is 25.7 Å². The van der Waals surface area contributed by atoms with Gasteiger partial charge >= 0.3 is 0 Å². The Hall–Kier alpha value is -0.830. The summed E-state index contributed by atoms with van der Waals surface area (Å²) in [5.74, 6) is 2.08. The van der Waals surface area contributed by atoms with E-state index in [1.807, 2.05) is 12.4 Å². The summed E-state index contributed by atoms with van der Waals surface area (Å²) in [7, 11) is 2.06. The topological polar surface area (TPSA) is 29.9 Å². The molecule has 0 aliphatic heterocycles. The SMILES string of the molecule is C[C@@H](NCCc1nccn1C)C1CCCC1. The van der Waals surface area contributed by atoms with Gasteiger partial charge in [-0.25, -0.2) is 4.98 Å². The quantitative estimate of drug-likeness (QED) is 0.825. The molecule has 3 heteroatoms. The van der Waals surface area contributed by atoms with Crippen LogP contribution in [-0.2, 0) is 13.5 Å². The Labute approximate surface area is 98.3 Å². The fourth-order valence-corrected chi connectivity index (χ4v) is 2.67. The van der Waals surface area contributed by atoms with Crippen molar-refractivity contribution in [1.29, 1.82) is 0 Å².